The predicted molar refractivity (Wildman–Crippen MR) is 120 cm³/mol. The van der Waals surface area contributed by atoms with Gasteiger partial charge in [-0.15, -0.1) is 0 Å². The lowest BCUT2D eigenvalue weighted by Gasteiger charge is -2.39. The van der Waals surface area contributed by atoms with Crippen LogP contribution in [0.5, 0.6) is 0 Å². The van der Waals surface area contributed by atoms with Crippen LogP contribution in [0.2, 0.25) is 0 Å². The van der Waals surface area contributed by atoms with Gasteiger partial charge in [0.25, 0.3) is 0 Å². The molecule has 0 saturated heterocycles. The summed E-state index contributed by atoms with van der Waals surface area (Å²) in [6.45, 7) is 7.73. The highest BCUT2D eigenvalue weighted by Gasteiger charge is 2.26. The van der Waals surface area contributed by atoms with E-state index in [4.69, 9.17) is 4.74 Å². The number of hydrogen-bond donors (Lipinski definition) is 0. The van der Waals surface area contributed by atoms with Crippen LogP contribution in [0.4, 0.5) is 0 Å². The Labute approximate surface area is 176 Å². The second kappa shape index (κ2) is 10.6. The maximum Gasteiger partial charge on any atom is 0.338 e. The predicted octanol–water partition coefficient (Wildman–Crippen LogP) is 6.46. The van der Waals surface area contributed by atoms with E-state index in [0.29, 0.717) is 24.3 Å². The van der Waals surface area contributed by atoms with Crippen LogP contribution in [0.25, 0.3) is 11.1 Å². The van der Waals surface area contributed by atoms with Crippen LogP contribution in [-0.2, 0) is 11.3 Å². The van der Waals surface area contributed by atoms with Gasteiger partial charge in [-0.1, -0.05) is 62.6 Å². The summed E-state index contributed by atoms with van der Waals surface area (Å²) in [4.78, 5) is 15.1. The maximum absolute atomic E-state index is 12.4. The first-order valence-corrected chi connectivity index (χ1v) is 11.2. The van der Waals surface area contributed by atoms with Gasteiger partial charge in [-0.3, -0.25) is 4.90 Å². The van der Waals surface area contributed by atoms with Gasteiger partial charge in [-0.2, -0.15) is 0 Å². The van der Waals surface area contributed by atoms with Crippen molar-refractivity contribution in [3.05, 3.63) is 59.7 Å². The molecule has 0 radical (unpaired) electrons. The standard InChI is InChI=1S/C26H35NO2/c1-4-20(3)27(24-14-10-7-11-15-24)19-23-18-22(26(28)29-5-2)16-17-25(23)21-12-8-6-9-13-21/h6,8-9,12-13,16-18,20,24H,4-5,7,10-11,14-15,19H2,1-3H3. The van der Waals surface area contributed by atoms with Gasteiger partial charge < -0.3 is 4.74 Å². The zero-order chi connectivity index (χ0) is 20.6. The Morgan fingerprint density at radius 3 is 2.45 bits per heavy atom. The lowest BCUT2D eigenvalue weighted by Crippen LogP contribution is -2.42. The van der Waals surface area contributed by atoms with Gasteiger partial charge in [-0.25, -0.2) is 4.79 Å². The van der Waals surface area contributed by atoms with Crippen LogP contribution >= 0.6 is 0 Å². The Bertz CT molecular complexity index is 781. The maximum atomic E-state index is 12.4. The van der Waals surface area contributed by atoms with E-state index in [9.17, 15) is 4.79 Å². The van der Waals surface area contributed by atoms with E-state index < -0.39 is 0 Å². The van der Waals surface area contributed by atoms with Crippen LogP contribution in [-0.4, -0.2) is 29.6 Å². The fraction of sp³-hybridized carbons (Fsp3) is 0.500. The van der Waals surface area contributed by atoms with Crippen molar-refractivity contribution < 1.29 is 9.53 Å². The van der Waals surface area contributed by atoms with E-state index >= 15 is 0 Å². The summed E-state index contributed by atoms with van der Waals surface area (Å²) >= 11 is 0. The smallest absolute Gasteiger partial charge is 0.338 e. The van der Waals surface area contributed by atoms with Gasteiger partial charge in [-0.05, 0) is 61.9 Å². The minimum atomic E-state index is -0.235. The number of carbonyl (C=O) groups is 1. The van der Waals surface area contributed by atoms with Gasteiger partial charge in [0.1, 0.15) is 0 Å². The first-order valence-electron chi connectivity index (χ1n) is 11.2. The fourth-order valence-corrected chi connectivity index (χ4v) is 4.45. The molecule has 0 amide bonds. The number of benzene rings is 2. The van der Waals surface area contributed by atoms with Crippen molar-refractivity contribution in [3.63, 3.8) is 0 Å². The van der Waals surface area contributed by atoms with Crippen LogP contribution in [0.15, 0.2) is 48.5 Å². The van der Waals surface area contributed by atoms with E-state index in [0.717, 1.165) is 13.0 Å². The first kappa shape index (κ1) is 21.6. The molecule has 1 atom stereocenters. The molecule has 2 aromatic carbocycles. The minimum Gasteiger partial charge on any atom is -0.462 e. The Hall–Kier alpha value is -2.13. The Kier molecular flexibility index (Phi) is 7.88. The normalized spacial score (nSPS) is 16.0. The zero-order valence-corrected chi connectivity index (χ0v) is 18.2. The lowest BCUT2D eigenvalue weighted by atomic mass is 9.91. The van der Waals surface area contributed by atoms with E-state index in [1.807, 2.05) is 19.1 Å². The third-order valence-electron chi connectivity index (χ3n) is 6.25. The highest BCUT2D eigenvalue weighted by molar-refractivity contribution is 5.90. The summed E-state index contributed by atoms with van der Waals surface area (Å²) in [5, 5.41) is 0. The molecule has 29 heavy (non-hydrogen) atoms. The van der Waals surface area contributed by atoms with E-state index in [-0.39, 0.29) is 5.97 Å². The minimum absolute atomic E-state index is 0.235. The molecular weight excluding hydrogens is 358 g/mol. The molecule has 1 saturated carbocycles. The number of nitrogens with zero attached hydrogens (tertiary/aromatic N) is 1. The fourth-order valence-electron chi connectivity index (χ4n) is 4.45. The molecule has 3 nitrogen and oxygen atoms in total. The van der Waals surface area contributed by atoms with Crippen LogP contribution in [0.1, 0.15) is 75.2 Å². The quantitative estimate of drug-likeness (QED) is 0.482. The van der Waals surface area contributed by atoms with Crippen LogP contribution in [0, 0.1) is 0 Å². The molecule has 1 unspecified atom stereocenters. The van der Waals surface area contributed by atoms with Crippen molar-refractivity contribution in [1.29, 1.82) is 0 Å². The molecule has 1 aliphatic carbocycles. The Morgan fingerprint density at radius 2 is 1.79 bits per heavy atom. The van der Waals surface area contributed by atoms with Crippen molar-refractivity contribution in [3.8, 4) is 11.1 Å². The first-order chi connectivity index (χ1) is 14.1. The monoisotopic (exact) mass is 393 g/mol. The zero-order valence-electron chi connectivity index (χ0n) is 18.2. The van der Waals surface area contributed by atoms with Crippen molar-refractivity contribution in [2.45, 2.75) is 77.9 Å². The molecule has 3 rings (SSSR count). The highest BCUT2D eigenvalue weighted by atomic mass is 16.5. The summed E-state index contributed by atoms with van der Waals surface area (Å²) in [7, 11) is 0. The summed E-state index contributed by atoms with van der Waals surface area (Å²) in [6, 6.07) is 17.7. The van der Waals surface area contributed by atoms with E-state index in [1.54, 1.807) is 0 Å². The molecule has 1 fully saturated rings. The molecule has 0 aliphatic heterocycles. The number of hydrogen-bond acceptors (Lipinski definition) is 3. The molecular formula is C26H35NO2. The molecule has 156 valence electrons. The van der Waals surface area contributed by atoms with Crippen molar-refractivity contribution in [2.24, 2.45) is 0 Å². The number of esters is 1. The molecule has 1 aliphatic rings. The lowest BCUT2D eigenvalue weighted by molar-refractivity contribution is 0.0526. The molecule has 2 aromatic rings. The molecule has 0 spiro atoms. The molecule has 3 heteroatoms. The molecule has 0 heterocycles. The summed E-state index contributed by atoms with van der Waals surface area (Å²) < 4.78 is 5.27. The largest absolute Gasteiger partial charge is 0.462 e. The van der Waals surface area contributed by atoms with E-state index in [1.165, 1.54) is 48.8 Å². The average Bonchev–Trinajstić information content (AvgIpc) is 2.78. The average molecular weight is 394 g/mol. The van der Waals surface area contributed by atoms with Gasteiger partial charge in [0, 0.05) is 18.6 Å². The number of carbonyl (C=O) groups excluding carboxylic acids is 1. The third kappa shape index (κ3) is 5.48. The van der Waals surface area contributed by atoms with E-state index in [2.05, 4.69) is 55.1 Å². The van der Waals surface area contributed by atoms with Crippen molar-refractivity contribution in [2.75, 3.05) is 6.61 Å². The molecule has 0 N–H and O–H groups in total. The second-order valence-electron chi connectivity index (χ2n) is 8.18. The van der Waals surface area contributed by atoms with Gasteiger partial charge >= 0.3 is 5.97 Å². The number of ether oxygens (including phenoxy) is 1. The topological polar surface area (TPSA) is 29.5 Å². The highest BCUT2D eigenvalue weighted by Crippen LogP contribution is 2.31. The van der Waals surface area contributed by atoms with Gasteiger partial charge in [0.15, 0.2) is 0 Å². The SMILES string of the molecule is CCOC(=O)c1ccc(-c2ccccc2)c(CN(C(C)CC)C2CCCCC2)c1. The Morgan fingerprint density at radius 1 is 1.07 bits per heavy atom. The summed E-state index contributed by atoms with van der Waals surface area (Å²) in [5.41, 5.74) is 4.27. The van der Waals surface area contributed by atoms with Crippen LogP contribution in [0.3, 0.4) is 0 Å². The molecule has 0 aromatic heterocycles. The Balaban J connectivity index is 1.98. The van der Waals surface area contributed by atoms with Crippen LogP contribution < -0.4 is 0 Å². The summed E-state index contributed by atoms with van der Waals surface area (Å²) in [6.07, 6.45) is 7.70. The molecule has 0 bridgehead atoms. The third-order valence-corrected chi connectivity index (χ3v) is 6.25. The van der Waals surface area contributed by atoms with Gasteiger partial charge in [0.2, 0.25) is 0 Å². The van der Waals surface area contributed by atoms with Gasteiger partial charge in [0.05, 0.1) is 12.2 Å². The second-order valence-corrected chi connectivity index (χ2v) is 8.18. The van der Waals surface area contributed by atoms with Crippen molar-refractivity contribution >= 4 is 5.97 Å². The summed E-state index contributed by atoms with van der Waals surface area (Å²) in [5.74, 6) is -0.235. The number of rotatable bonds is 8. The van der Waals surface area contributed by atoms with Crippen molar-refractivity contribution in [1.82, 2.24) is 4.90 Å².